The Balaban J connectivity index is 1.87. The standard InChI is InChI=1S/C27H36F2N3O7/c1-16(33)36-22-20(12-17-8-10-18(11-9-17)19-13-30-32(14-19)23(28)29)31(24(34)38-26(2,3)4)15-21(22)37-25(35)39-27(5,6)7/h8-11,13-14,19-23H,12,15H2,1-7H3/q+1/t19?,20-,21+,22+/m1/s1. The second-order valence-corrected chi connectivity index (χ2v) is 11.4. The van der Waals surface area contributed by atoms with Gasteiger partial charge in [0.15, 0.2) is 18.4 Å². The molecule has 12 heteroatoms. The Bertz CT molecular complexity index is 1120. The largest absolute Gasteiger partial charge is 0.509 e. The molecule has 0 spiro atoms. The lowest BCUT2D eigenvalue weighted by molar-refractivity contribution is -0.622. The summed E-state index contributed by atoms with van der Waals surface area (Å²) in [6, 6.07) is 6.42. The van der Waals surface area contributed by atoms with E-state index in [1.165, 1.54) is 24.3 Å². The topological polar surface area (TPSA) is 107 Å². The van der Waals surface area contributed by atoms with Crippen LogP contribution in [0.5, 0.6) is 0 Å². The van der Waals surface area contributed by atoms with E-state index in [0.29, 0.717) is 4.68 Å². The van der Waals surface area contributed by atoms with E-state index < -0.39 is 60.1 Å². The fraction of sp³-hybridized carbons (Fsp3) is 0.593. The molecule has 0 aromatic heterocycles. The van der Waals surface area contributed by atoms with Crippen molar-refractivity contribution >= 4 is 30.6 Å². The van der Waals surface area contributed by atoms with Crippen molar-refractivity contribution in [3.05, 3.63) is 35.4 Å². The number of ether oxygens (including phenoxy) is 4. The maximum atomic E-state index is 13.2. The predicted molar refractivity (Wildman–Crippen MR) is 137 cm³/mol. The Morgan fingerprint density at radius 3 is 2.15 bits per heavy atom. The molecule has 0 radical (unpaired) electrons. The molecule has 2 heterocycles. The fourth-order valence-corrected chi connectivity index (χ4v) is 4.26. The van der Waals surface area contributed by atoms with Gasteiger partial charge in [-0.2, -0.15) is 0 Å². The minimum absolute atomic E-state index is 0.0776. The third-order valence-electron chi connectivity index (χ3n) is 5.77. The summed E-state index contributed by atoms with van der Waals surface area (Å²) in [4.78, 5) is 39.1. The maximum absolute atomic E-state index is 13.2. The first-order valence-electron chi connectivity index (χ1n) is 12.6. The molecule has 0 aliphatic carbocycles. The Morgan fingerprint density at radius 1 is 1.03 bits per heavy atom. The summed E-state index contributed by atoms with van der Waals surface area (Å²) < 4.78 is 48.4. The number of hydrazone groups is 1. The summed E-state index contributed by atoms with van der Waals surface area (Å²) in [5, 5.41) is 3.69. The van der Waals surface area contributed by atoms with Gasteiger partial charge in [-0.1, -0.05) is 24.3 Å². The van der Waals surface area contributed by atoms with Crippen LogP contribution >= 0.6 is 0 Å². The molecule has 0 saturated carbocycles. The van der Waals surface area contributed by atoms with Crippen molar-refractivity contribution in [2.45, 2.75) is 96.8 Å². The van der Waals surface area contributed by atoms with Crippen LogP contribution in [0.4, 0.5) is 18.4 Å². The van der Waals surface area contributed by atoms with Crippen molar-refractivity contribution in [3.8, 4) is 0 Å². The number of halogens is 2. The molecule has 1 aromatic carbocycles. The van der Waals surface area contributed by atoms with Crippen molar-refractivity contribution < 1.29 is 46.8 Å². The Kier molecular flexibility index (Phi) is 8.97. The van der Waals surface area contributed by atoms with Crippen LogP contribution in [0.2, 0.25) is 0 Å². The lowest BCUT2D eigenvalue weighted by atomic mass is 9.96. The molecule has 214 valence electrons. The number of benzene rings is 1. The monoisotopic (exact) mass is 552 g/mol. The lowest BCUT2D eigenvalue weighted by Crippen LogP contribution is -2.45. The van der Waals surface area contributed by atoms with Gasteiger partial charge < -0.3 is 18.9 Å². The molecule has 1 fully saturated rings. The number of nitrogens with zero attached hydrogens (tertiary/aromatic N) is 3. The molecule has 0 bridgehead atoms. The van der Waals surface area contributed by atoms with Gasteiger partial charge in [0, 0.05) is 6.92 Å². The van der Waals surface area contributed by atoms with E-state index in [4.69, 9.17) is 18.9 Å². The van der Waals surface area contributed by atoms with Gasteiger partial charge in [0.05, 0.1) is 18.8 Å². The van der Waals surface area contributed by atoms with Crippen LogP contribution in [-0.2, 0) is 30.2 Å². The first kappa shape index (κ1) is 30.0. The van der Waals surface area contributed by atoms with Gasteiger partial charge >= 0.3 is 24.8 Å². The fourth-order valence-electron chi connectivity index (χ4n) is 4.26. The van der Waals surface area contributed by atoms with Crippen molar-refractivity contribution in [1.82, 2.24) is 4.90 Å². The van der Waals surface area contributed by atoms with Gasteiger partial charge in [-0.25, -0.2) is 9.59 Å². The van der Waals surface area contributed by atoms with E-state index in [9.17, 15) is 23.2 Å². The van der Waals surface area contributed by atoms with Crippen LogP contribution in [0.1, 0.15) is 65.5 Å². The van der Waals surface area contributed by atoms with Gasteiger partial charge in [-0.15, -0.1) is 8.78 Å². The average molecular weight is 553 g/mol. The molecule has 1 saturated heterocycles. The Labute approximate surface area is 226 Å². The highest BCUT2D eigenvalue weighted by molar-refractivity contribution is 5.90. The SMILES string of the molecule is CC(=O)O[C@@H]1[C@@H](OC(=O)OC(C)(C)C)CN(C(=O)OC(C)(C)C)[C@@H]1Cc1ccc(C2C=N[N+](C(F)F)=C2)cc1. The first-order chi connectivity index (χ1) is 18.0. The zero-order valence-corrected chi connectivity index (χ0v) is 23.2. The number of carbonyl (C=O) groups is 3. The molecular weight excluding hydrogens is 516 g/mol. The second kappa shape index (κ2) is 11.7. The number of hydrogen-bond acceptors (Lipinski definition) is 8. The van der Waals surface area contributed by atoms with Gasteiger partial charge in [0.25, 0.3) is 0 Å². The van der Waals surface area contributed by atoms with E-state index in [0.717, 1.165) is 11.1 Å². The number of hydrogen-bond donors (Lipinski definition) is 0. The summed E-state index contributed by atoms with van der Waals surface area (Å²) in [5.74, 6) is -1.01. The maximum Gasteiger partial charge on any atom is 0.509 e. The Hall–Kier alpha value is -3.57. The zero-order chi connectivity index (χ0) is 29.1. The molecule has 10 nitrogen and oxygen atoms in total. The van der Waals surface area contributed by atoms with Crippen LogP contribution in [0.15, 0.2) is 29.4 Å². The molecule has 1 amide bonds. The van der Waals surface area contributed by atoms with Crippen molar-refractivity contribution in [2.24, 2.45) is 5.10 Å². The van der Waals surface area contributed by atoms with E-state index in [2.05, 4.69) is 5.10 Å². The highest BCUT2D eigenvalue weighted by Crippen LogP contribution is 2.30. The summed E-state index contributed by atoms with van der Waals surface area (Å²) in [7, 11) is 0. The van der Waals surface area contributed by atoms with E-state index in [1.807, 2.05) is 0 Å². The van der Waals surface area contributed by atoms with Crippen molar-refractivity contribution in [2.75, 3.05) is 6.54 Å². The number of likely N-dealkylation sites (tertiary alicyclic amines) is 1. The lowest BCUT2D eigenvalue weighted by Gasteiger charge is -2.30. The molecule has 0 N–H and O–H groups in total. The number of esters is 1. The molecule has 39 heavy (non-hydrogen) atoms. The van der Waals surface area contributed by atoms with Crippen LogP contribution in [-0.4, -0.2) is 82.8 Å². The molecule has 1 aromatic rings. The highest BCUT2D eigenvalue weighted by Gasteiger charge is 2.50. The van der Waals surface area contributed by atoms with E-state index in [1.54, 1.807) is 65.8 Å². The van der Waals surface area contributed by atoms with Crippen LogP contribution in [0.3, 0.4) is 0 Å². The minimum atomic E-state index is -2.72. The molecule has 1 unspecified atom stereocenters. The van der Waals surface area contributed by atoms with Gasteiger partial charge in [-0.3, -0.25) is 9.69 Å². The van der Waals surface area contributed by atoms with Gasteiger partial charge in [-0.05, 0) is 68.9 Å². The van der Waals surface area contributed by atoms with Gasteiger partial charge in [0.1, 0.15) is 17.1 Å². The number of rotatable bonds is 6. The summed E-state index contributed by atoms with van der Waals surface area (Å²) in [6.45, 7) is 8.67. The van der Waals surface area contributed by atoms with Crippen molar-refractivity contribution in [3.63, 3.8) is 0 Å². The van der Waals surface area contributed by atoms with Crippen LogP contribution in [0.25, 0.3) is 0 Å². The quantitative estimate of drug-likeness (QED) is 0.222. The van der Waals surface area contributed by atoms with Crippen LogP contribution < -0.4 is 0 Å². The first-order valence-corrected chi connectivity index (χ1v) is 12.6. The zero-order valence-electron chi connectivity index (χ0n) is 23.2. The van der Waals surface area contributed by atoms with Gasteiger partial charge in [0.2, 0.25) is 0 Å². The smallest absolute Gasteiger partial charge is 0.456 e. The second-order valence-electron chi connectivity index (χ2n) is 11.4. The van der Waals surface area contributed by atoms with E-state index in [-0.39, 0.29) is 13.0 Å². The van der Waals surface area contributed by atoms with Crippen LogP contribution in [0, 0.1) is 0 Å². The molecule has 3 rings (SSSR count). The third kappa shape index (κ3) is 8.46. The third-order valence-corrected chi connectivity index (χ3v) is 5.77. The van der Waals surface area contributed by atoms with E-state index >= 15 is 0 Å². The number of carbonyl (C=O) groups excluding carboxylic acids is 3. The summed E-state index contributed by atoms with van der Waals surface area (Å²) in [5.41, 5.74) is -0.0842. The van der Waals surface area contributed by atoms with Crippen molar-refractivity contribution in [1.29, 1.82) is 0 Å². The average Bonchev–Trinajstić information content (AvgIpc) is 3.38. The number of alkyl halides is 2. The molecule has 2 aliphatic heterocycles. The molecular formula is C27H36F2N3O7+. The Morgan fingerprint density at radius 2 is 1.64 bits per heavy atom. The minimum Gasteiger partial charge on any atom is -0.456 e. The summed E-state index contributed by atoms with van der Waals surface area (Å²) in [6.07, 6.45) is -0.598. The molecule has 4 atom stereocenters. The molecule has 2 aliphatic rings. The predicted octanol–water partition coefficient (Wildman–Crippen LogP) is 4.49. The highest BCUT2D eigenvalue weighted by atomic mass is 19.3. The summed E-state index contributed by atoms with van der Waals surface area (Å²) >= 11 is 0. The number of amides is 1. The normalized spacial score (nSPS) is 23.0.